The highest BCUT2D eigenvalue weighted by atomic mass is 32.1. The summed E-state index contributed by atoms with van der Waals surface area (Å²) >= 11 is 9.70. The summed E-state index contributed by atoms with van der Waals surface area (Å²) in [4.78, 5) is 59.6. The smallest absolute Gasteiger partial charge is 0.262 e. The van der Waals surface area contributed by atoms with E-state index in [2.05, 4.69) is 38.1 Å². The van der Waals surface area contributed by atoms with Gasteiger partial charge in [-0.05, 0) is 70.5 Å². The maximum atomic E-state index is 13.4. The van der Waals surface area contributed by atoms with Crippen LogP contribution in [0.2, 0.25) is 0 Å². The predicted octanol–water partition coefficient (Wildman–Crippen LogP) is 7.62. The molecule has 0 spiro atoms. The van der Waals surface area contributed by atoms with Gasteiger partial charge in [-0.15, -0.1) is 68.0 Å². The molecule has 1 atom stereocenters. The summed E-state index contributed by atoms with van der Waals surface area (Å²) in [6, 6.07) is 16.1. The summed E-state index contributed by atoms with van der Waals surface area (Å²) < 4.78 is 8.17. The number of fused-ring (bicyclic) bond motifs is 6. The van der Waals surface area contributed by atoms with Crippen LogP contribution in [0.3, 0.4) is 0 Å². The van der Waals surface area contributed by atoms with Crippen LogP contribution in [0.1, 0.15) is 16.7 Å². The minimum absolute atomic E-state index is 0.248. The molecule has 8 rings (SSSR count). The Kier molecular flexibility index (Phi) is 7.41. The van der Waals surface area contributed by atoms with Crippen LogP contribution < -0.4 is 31.5 Å². The average molecular weight is 735 g/mol. The summed E-state index contributed by atoms with van der Waals surface area (Å²) in [6.07, 6.45) is 0.837. The lowest BCUT2D eigenvalue weighted by Gasteiger charge is -1.93. The molecule has 0 fully saturated rings. The van der Waals surface area contributed by atoms with Gasteiger partial charge in [-0.3, -0.25) is 28.3 Å². The third-order valence-corrected chi connectivity index (χ3v) is 17.1. The highest BCUT2D eigenvalue weighted by Gasteiger charge is 2.19. The zero-order valence-corrected chi connectivity index (χ0v) is 30.7. The van der Waals surface area contributed by atoms with Crippen LogP contribution >= 0.6 is 76.6 Å². The topological polar surface area (TPSA) is 78.1 Å². The van der Waals surface area contributed by atoms with E-state index in [-0.39, 0.29) is 22.2 Å². The molecule has 0 aliphatic rings. The summed E-state index contributed by atoms with van der Waals surface area (Å²) in [5, 5.41) is 2.32. The molecule has 0 aliphatic carbocycles. The first-order valence-corrected chi connectivity index (χ1v) is 20.1. The molecule has 0 aliphatic heterocycles. The van der Waals surface area contributed by atoms with Gasteiger partial charge in [0.05, 0.1) is 40.3 Å². The molecule has 8 heterocycles. The first-order chi connectivity index (χ1) is 22.1. The van der Waals surface area contributed by atoms with E-state index in [9.17, 15) is 19.2 Å². The van der Waals surface area contributed by atoms with Gasteiger partial charge in [0.25, 0.3) is 22.2 Å². The van der Waals surface area contributed by atoms with Crippen LogP contribution in [0.4, 0.5) is 0 Å². The molecule has 1 unspecified atom stereocenters. The Morgan fingerprint density at radius 3 is 1.61 bits per heavy atom. The van der Waals surface area contributed by atoms with E-state index < -0.39 is 0 Å². The van der Waals surface area contributed by atoms with Crippen LogP contribution in [0, 0.1) is 6.92 Å². The fourth-order valence-corrected chi connectivity index (χ4v) is 14.5. The molecule has 0 N–H and O–H groups in total. The molecule has 13 heteroatoms. The lowest BCUT2D eigenvalue weighted by atomic mass is 10.3. The highest BCUT2D eigenvalue weighted by molar-refractivity contribution is 7.69. The molecule has 0 saturated heterocycles. The third-order valence-electron chi connectivity index (χ3n) is 7.96. The van der Waals surface area contributed by atoms with Gasteiger partial charge in [0, 0.05) is 52.6 Å². The minimum Gasteiger partial charge on any atom is -0.277 e. The van der Waals surface area contributed by atoms with Crippen molar-refractivity contribution in [3.63, 3.8) is 0 Å². The lowest BCUT2D eigenvalue weighted by Crippen LogP contribution is -2.26. The summed E-state index contributed by atoms with van der Waals surface area (Å²) in [7, 11) is 3.46. The van der Waals surface area contributed by atoms with Gasteiger partial charge in [0.1, 0.15) is 0 Å². The molecule has 230 valence electrons. The second-order valence-electron chi connectivity index (χ2n) is 10.9. The van der Waals surface area contributed by atoms with Gasteiger partial charge in [0.2, 0.25) is 0 Å². The Hall–Kier alpha value is -3.09. The molecule has 46 heavy (non-hydrogen) atoms. The molecule has 0 radical (unpaired) electrons. The van der Waals surface area contributed by atoms with Crippen molar-refractivity contribution in [2.75, 3.05) is 0 Å². The molecule has 6 nitrogen and oxygen atoms in total. The molecule has 8 aromatic rings. The fourth-order valence-electron chi connectivity index (χ4n) is 5.54. The van der Waals surface area contributed by atoms with Crippen LogP contribution in [0.15, 0.2) is 67.7 Å². The van der Waals surface area contributed by atoms with Crippen molar-refractivity contribution < 1.29 is 0 Å². The molecule has 0 saturated carbocycles. The van der Waals surface area contributed by atoms with Gasteiger partial charge in [0.15, 0.2) is 0 Å². The van der Waals surface area contributed by atoms with E-state index in [1.54, 1.807) is 82.1 Å². The Bertz CT molecular complexity index is 2800. The number of rotatable bonds is 5. The van der Waals surface area contributed by atoms with Crippen LogP contribution in [0.25, 0.3) is 59.9 Å². The van der Waals surface area contributed by atoms with E-state index >= 15 is 0 Å². The fraction of sp³-hybridized carbons (Fsp3) is 0.152. The van der Waals surface area contributed by atoms with Crippen molar-refractivity contribution in [2.24, 2.45) is 14.1 Å². The highest BCUT2D eigenvalue weighted by Crippen LogP contribution is 2.43. The number of aromatic nitrogens is 2. The molecular formula is C33H23N2O4PS6. The third kappa shape index (κ3) is 4.77. The molecule has 0 bridgehead atoms. The molecule has 0 amide bonds. The lowest BCUT2D eigenvalue weighted by molar-refractivity contribution is 0.845. The van der Waals surface area contributed by atoms with E-state index in [1.807, 2.05) is 24.3 Å². The zero-order valence-electron chi connectivity index (χ0n) is 24.8. The largest absolute Gasteiger partial charge is 0.277 e. The number of thiophene rings is 6. The number of aryl methyl sites for hydroxylation is 2. The summed E-state index contributed by atoms with van der Waals surface area (Å²) in [5.74, 6) is 0. The average Bonchev–Trinajstić information content (AvgIpc) is 3.88. The molecule has 0 aromatic carbocycles. The van der Waals surface area contributed by atoms with Crippen molar-refractivity contribution in [1.82, 2.24) is 9.13 Å². The Morgan fingerprint density at radius 1 is 0.543 bits per heavy atom. The van der Waals surface area contributed by atoms with E-state index in [0.29, 0.717) is 30.1 Å². The SMILES string of the molecule is CCc1cc2c(=O)n(C)c(=O)c3cc(Pc4ccc(-c5cc6c(=O)n(C)c(=O)c7cc(-c8ccc(C)s8)sc7c6s5)s4)sc3c2s1. The van der Waals surface area contributed by atoms with Gasteiger partial charge in [-0.25, -0.2) is 0 Å². The van der Waals surface area contributed by atoms with Crippen molar-refractivity contribution in [1.29, 1.82) is 0 Å². The zero-order chi connectivity index (χ0) is 32.0. The Labute approximate surface area is 286 Å². The number of hydrogen-bond donors (Lipinski definition) is 0. The Balaban J connectivity index is 1.22. The van der Waals surface area contributed by atoms with Gasteiger partial charge in [-0.2, -0.15) is 0 Å². The first kappa shape index (κ1) is 30.3. The van der Waals surface area contributed by atoms with Crippen molar-refractivity contribution in [3.05, 3.63) is 99.7 Å². The van der Waals surface area contributed by atoms with E-state index in [0.717, 1.165) is 54.2 Å². The number of hydrogen-bond acceptors (Lipinski definition) is 10. The minimum atomic E-state index is -0.287. The quantitative estimate of drug-likeness (QED) is 0.171. The number of nitrogens with zero attached hydrogens (tertiary/aromatic N) is 2. The Morgan fingerprint density at radius 2 is 1.04 bits per heavy atom. The predicted molar refractivity (Wildman–Crippen MR) is 206 cm³/mol. The summed E-state index contributed by atoms with van der Waals surface area (Å²) in [5.41, 5.74) is -1.07. The van der Waals surface area contributed by atoms with Gasteiger partial charge >= 0.3 is 0 Å². The monoisotopic (exact) mass is 734 g/mol. The second kappa shape index (κ2) is 11.3. The first-order valence-electron chi connectivity index (χ1n) is 14.2. The standard InChI is InChI=1S/C33H23N2O4PS6/c1-5-15-10-16-26(42-15)29-19(33(39)34(3)30(16)36)13-25(46-29)40-24-9-8-21(43-24)23-12-18-28(45-23)27-17(31(37)35(4)32(18)38)11-22(44-27)20-7-6-14(2)41-20/h6-13,40H,5H2,1-4H3. The van der Waals surface area contributed by atoms with Crippen molar-refractivity contribution in [2.45, 2.75) is 20.3 Å². The second-order valence-corrected chi connectivity index (χ2v) is 19.6. The van der Waals surface area contributed by atoms with Crippen LogP contribution in [-0.4, -0.2) is 9.13 Å². The van der Waals surface area contributed by atoms with Gasteiger partial charge in [-0.1, -0.05) is 6.92 Å². The van der Waals surface area contributed by atoms with Gasteiger partial charge < -0.3 is 0 Å². The van der Waals surface area contributed by atoms with Crippen LogP contribution in [0.5, 0.6) is 0 Å². The molecule has 8 aromatic heterocycles. The van der Waals surface area contributed by atoms with Crippen molar-refractivity contribution >= 4 is 126 Å². The molecular weight excluding hydrogens is 712 g/mol. The van der Waals surface area contributed by atoms with E-state index in [4.69, 9.17) is 0 Å². The summed E-state index contributed by atoms with van der Waals surface area (Å²) in [6.45, 7) is 4.14. The maximum absolute atomic E-state index is 13.4. The van der Waals surface area contributed by atoms with Crippen LogP contribution in [-0.2, 0) is 20.5 Å². The van der Waals surface area contributed by atoms with Crippen molar-refractivity contribution in [3.8, 4) is 19.5 Å². The normalized spacial score (nSPS) is 12.3. The van der Waals surface area contributed by atoms with E-state index in [1.165, 1.54) is 18.6 Å². The maximum Gasteiger partial charge on any atom is 0.262 e.